The predicted molar refractivity (Wildman–Crippen MR) is 115 cm³/mol. The molecule has 1 aliphatic rings. The van der Waals surface area contributed by atoms with E-state index in [1.807, 2.05) is 6.92 Å². The van der Waals surface area contributed by atoms with Gasteiger partial charge in [-0.2, -0.15) is 0 Å². The number of hydrogen-bond donors (Lipinski definition) is 1. The van der Waals surface area contributed by atoms with Gasteiger partial charge in [-0.25, -0.2) is 4.79 Å². The first kappa shape index (κ1) is 22.6. The van der Waals surface area contributed by atoms with E-state index in [1.54, 1.807) is 25.1 Å². The quantitative estimate of drug-likeness (QED) is 0.465. The highest BCUT2D eigenvalue weighted by Crippen LogP contribution is 2.34. The molecule has 0 radical (unpaired) electrons. The number of hydrogen-bond acceptors (Lipinski definition) is 7. The van der Waals surface area contributed by atoms with Gasteiger partial charge in [0, 0.05) is 11.6 Å². The van der Waals surface area contributed by atoms with Crippen LogP contribution in [0, 0.1) is 0 Å². The monoisotopic (exact) mass is 463 g/mol. The topological polar surface area (TPSA) is 114 Å². The van der Waals surface area contributed by atoms with Crippen LogP contribution in [0.15, 0.2) is 39.7 Å². The molecule has 0 spiro atoms. The molecule has 1 aromatic carbocycles. The van der Waals surface area contributed by atoms with Crippen molar-refractivity contribution in [2.24, 2.45) is 0 Å². The fraction of sp³-hybridized carbons (Fsp3) is 0.238. The van der Waals surface area contributed by atoms with Crippen molar-refractivity contribution < 1.29 is 33.4 Å². The molecular weight excluding hydrogens is 446 g/mol. The van der Waals surface area contributed by atoms with Crippen molar-refractivity contribution in [1.82, 2.24) is 4.90 Å². The number of esters is 1. The molecular formula is C21H18ClNO7S. The minimum Gasteiger partial charge on any atom is -0.478 e. The van der Waals surface area contributed by atoms with E-state index in [-0.39, 0.29) is 21.6 Å². The zero-order chi connectivity index (χ0) is 22.7. The normalized spacial score (nSPS) is 16.1. The first-order chi connectivity index (χ1) is 14.7. The molecule has 31 heavy (non-hydrogen) atoms. The number of carboxylic acids is 1. The van der Waals surface area contributed by atoms with Crippen LogP contribution < -0.4 is 0 Å². The van der Waals surface area contributed by atoms with Gasteiger partial charge in [-0.05, 0) is 49.4 Å². The molecule has 1 N–H and O–H groups in total. The molecule has 2 heterocycles. The molecule has 10 heteroatoms. The molecule has 1 atom stereocenters. The Morgan fingerprint density at radius 2 is 2.03 bits per heavy atom. The van der Waals surface area contributed by atoms with Crippen molar-refractivity contribution in [1.29, 1.82) is 0 Å². The van der Waals surface area contributed by atoms with Gasteiger partial charge in [0.25, 0.3) is 11.1 Å². The van der Waals surface area contributed by atoms with E-state index in [1.165, 1.54) is 18.2 Å². The number of halogens is 1. The molecule has 1 aromatic heterocycles. The van der Waals surface area contributed by atoms with Crippen molar-refractivity contribution in [2.75, 3.05) is 6.54 Å². The van der Waals surface area contributed by atoms with Gasteiger partial charge in [0.2, 0.25) is 0 Å². The van der Waals surface area contributed by atoms with E-state index in [9.17, 15) is 19.2 Å². The Hall–Kier alpha value is -3.04. The number of furan rings is 1. The van der Waals surface area contributed by atoms with Gasteiger partial charge in [0.05, 0.1) is 21.6 Å². The summed E-state index contributed by atoms with van der Waals surface area (Å²) in [6.07, 6.45) is 1.72. The van der Waals surface area contributed by atoms with Gasteiger partial charge >= 0.3 is 11.9 Å². The molecule has 162 valence electrons. The number of aromatic carboxylic acids is 1. The third kappa shape index (κ3) is 5.18. The molecule has 2 aromatic rings. The summed E-state index contributed by atoms with van der Waals surface area (Å²) in [5, 5.41) is 8.55. The van der Waals surface area contributed by atoms with Crippen molar-refractivity contribution in [3.8, 4) is 11.3 Å². The molecule has 0 bridgehead atoms. The van der Waals surface area contributed by atoms with Crippen LogP contribution in [-0.4, -0.2) is 45.7 Å². The predicted octanol–water partition coefficient (Wildman–Crippen LogP) is 4.68. The van der Waals surface area contributed by atoms with Gasteiger partial charge in [-0.1, -0.05) is 24.6 Å². The number of thioether (sulfide) groups is 1. The van der Waals surface area contributed by atoms with Gasteiger partial charge in [0.1, 0.15) is 18.1 Å². The van der Waals surface area contributed by atoms with Crippen LogP contribution in [0.5, 0.6) is 0 Å². The summed E-state index contributed by atoms with van der Waals surface area (Å²) >= 11 is 6.69. The summed E-state index contributed by atoms with van der Waals surface area (Å²) in [5.41, 5.74) is 0.522. The minimum absolute atomic E-state index is 0.0299. The average molecular weight is 464 g/mol. The highest BCUT2D eigenvalue weighted by molar-refractivity contribution is 8.18. The van der Waals surface area contributed by atoms with Gasteiger partial charge in [-0.3, -0.25) is 19.3 Å². The maximum Gasteiger partial charge on any atom is 0.337 e. The van der Waals surface area contributed by atoms with Crippen molar-refractivity contribution in [3.63, 3.8) is 0 Å². The Balaban J connectivity index is 1.75. The lowest BCUT2D eigenvalue weighted by Crippen LogP contribution is -2.35. The standard InChI is InChI=1S/C21H18ClNO7S/c1-3-11(2)29-18(24)10-23-19(25)17(31-21(23)28)9-13-5-7-16(30-13)12-4-6-14(20(26)27)15(22)8-12/h4-9,11H,3,10H2,1-2H3,(H,26,27)/b17-9-/t11-/m0/s1. The Labute approximate surface area is 186 Å². The zero-order valence-corrected chi connectivity index (χ0v) is 18.2. The van der Waals surface area contributed by atoms with Crippen LogP contribution in [0.2, 0.25) is 5.02 Å². The summed E-state index contributed by atoms with van der Waals surface area (Å²) in [6.45, 7) is 3.12. The van der Waals surface area contributed by atoms with E-state index in [0.717, 1.165) is 4.90 Å². The maximum atomic E-state index is 12.5. The van der Waals surface area contributed by atoms with Crippen LogP contribution in [0.1, 0.15) is 36.4 Å². The van der Waals surface area contributed by atoms with Crippen molar-refractivity contribution in [2.45, 2.75) is 26.4 Å². The number of amides is 2. The number of carboxylic acid groups (broad SMARTS) is 1. The summed E-state index contributed by atoms with van der Waals surface area (Å²) < 4.78 is 10.8. The lowest BCUT2D eigenvalue weighted by atomic mass is 10.1. The summed E-state index contributed by atoms with van der Waals surface area (Å²) in [4.78, 5) is 48.6. The SMILES string of the molecule is CC[C@H](C)OC(=O)CN1C(=O)S/C(=C\c2ccc(-c3ccc(C(=O)O)c(Cl)c3)o2)C1=O. The fourth-order valence-corrected chi connectivity index (χ4v) is 3.75. The van der Waals surface area contributed by atoms with Gasteiger partial charge in [-0.15, -0.1) is 0 Å². The van der Waals surface area contributed by atoms with Crippen LogP contribution in [0.25, 0.3) is 17.4 Å². The fourth-order valence-electron chi connectivity index (χ4n) is 2.67. The third-order valence-corrected chi connectivity index (χ3v) is 5.67. The van der Waals surface area contributed by atoms with Crippen molar-refractivity contribution in [3.05, 3.63) is 51.6 Å². The summed E-state index contributed by atoms with van der Waals surface area (Å²) in [6, 6.07) is 7.61. The number of ether oxygens (including phenoxy) is 1. The lowest BCUT2D eigenvalue weighted by Gasteiger charge is -2.14. The van der Waals surface area contributed by atoms with Crippen LogP contribution in [0.4, 0.5) is 4.79 Å². The Morgan fingerprint density at radius 3 is 2.68 bits per heavy atom. The number of rotatable bonds is 7. The van der Waals surface area contributed by atoms with E-state index in [4.69, 9.17) is 25.9 Å². The average Bonchev–Trinajstić information content (AvgIpc) is 3.28. The molecule has 8 nitrogen and oxygen atoms in total. The highest BCUT2D eigenvalue weighted by Gasteiger charge is 2.37. The first-order valence-electron chi connectivity index (χ1n) is 9.27. The third-order valence-electron chi connectivity index (χ3n) is 4.45. The molecule has 0 unspecified atom stereocenters. The summed E-state index contributed by atoms with van der Waals surface area (Å²) in [5.74, 6) is -1.69. The molecule has 1 aliphatic heterocycles. The number of nitrogens with zero attached hydrogens (tertiary/aromatic N) is 1. The first-order valence-corrected chi connectivity index (χ1v) is 10.5. The second kappa shape index (κ2) is 9.40. The molecule has 0 saturated carbocycles. The zero-order valence-electron chi connectivity index (χ0n) is 16.6. The van der Waals surface area contributed by atoms with Crippen molar-refractivity contribution >= 4 is 52.5 Å². The molecule has 1 saturated heterocycles. The van der Waals surface area contributed by atoms with Gasteiger partial charge in [0.15, 0.2) is 0 Å². The molecule has 3 rings (SSSR count). The Morgan fingerprint density at radius 1 is 1.29 bits per heavy atom. The smallest absolute Gasteiger partial charge is 0.337 e. The lowest BCUT2D eigenvalue weighted by molar-refractivity contribution is -0.150. The van der Waals surface area contributed by atoms with Crippen LogP contribution in [0.3, 0.4) is 0 Å². The maximum absolute atomic E-state index is 12.5. The summed E-state index contributed by atoms with van der Waals surface area (Å²) in [7, 11) is 0. The van der Waals surface area contributed by atoms with Crippen LogP contribution >= 0.6 is 23.4 Å². The molecule has 0 aliphatic carbocycles. The van der Waals surface area contributed by atoms with Gasteiger partial charge < -0.3 is 14.3 Å². The Kier molecular flexibility index (Phi) is 6.87. The second-order valence-electron chi connectivity index (χ2n) is 6.68. The Bertz CT molecular complexity index is 1090. The van der Waals surface area contributed by atoms with Crippen LogP contribution in [-0.2, 0) is 14.3 Å². The number of benzene rings is 1. The van der Waals surface area contributed by atoms with E-state index < -0.39 is 29.6 Å². The molecule has 1 fully saturated rings. The highest BCUT2D eigenvalue weighted by atomic mass is 35.5. The van der Waals surface area contributed by atoms with E-state index in [0.29, 0.717) is 35.3 Å². The number of carbonyl (C=O) groups is 4. The minimum atomic E-state index is -1.14. The second-order valence-corrected chi connectivity index (χ2v) is 8.08. The number of carbonyl (C=O) groups excluding carboxylic acids is 3. The number of imide groups is 1. The van der Waals surface area contributed by atoms with E-state index >= 15 is 0 Å². The largest absolute Gasteiger partial charge is 0.478 e. The van der Waals surface area contributed by atoms with E-state index in [2.05, 4.69) is 0 Å². The molecule has 2 amide bonds.